The van der Waals surface area contributed by atoms with E-state index in [1.807, 2.05) is 17.8 Å². The van der Waals surface area contributed by atoms with Gasteiger partial charge in [-0.25, -0.2) is 4.98 Å². The summed E-state index contributed by atoms with van der Waals surface area (Å²) in [4.78, 5) is 7.98. The molecular weight excluding hydrogens is 284 g/mol. The van der Waals surface area contributed by atoms with Crippen molar-refractivity contribution in [1.82, 2.24) is 19.7 Å². The number of hydrogen-bond donors (Lipinski definition) is 1. The van der Waals surface area contributed by atoms with Gasteiger partial charge in [0.1, 0.15) is 0 Å². The first kappa shape index (κ1) is 16.1. The van der Waals surface area contributed by atoms with Gasteiger partial charge in [0.2, 0.25) is 0 Å². The fourth-order valence-electron chi connectivity index (χ4n) is 2.43. The summed E-state index contributed by atoms with van der Waals surface area (Å²) >= 11 is 1.77. The maximum absolute atomic E-state index is 9.06. The van der Waals surface area contributed by atoms with E-state index in [0.29, 0.717) is 6.54 Å². The van der Waals surface area contributed by atoms with Gasteiger partial charge in [-0.15, -0.1) is 11.3 Å². The first-order valence-corrected chi connectivity index (χ1v) is 8.06. The molecule has 0 unspecified atom stereocenters. The van der Waals surface area contributed by atoms with Crippen LogP contribution >= 0.6 is 11.3 Å². The molecule has 0 aromatic carbocycles. The van der Waals surface area contributed by atoms with Crippen LogP contribution in [0.3, 0.4) is 0 Å². The number of thiazole rings is 1. The van der Waals surface area contributed by atoms with Crippen LogP contribution in [0, 0.1) is 20.8 Å². The Morgan fingerprint density at radius 2 is 2.10 bits per heavy atom. The van der Waals surface area contributed by atoms with Crippen LogP contribution in [-0.4, -0.2) is 45.0 Å². The minimum atomic E-state index is 0.126. The highest BCUT2D eigenvalue weighted by Gasteiger charge is 2.13. The third-order valence-electron chi connectivity index (χ3n) is 3.65. The van der Waals surface area contributed by atoms with E-state index in [-0.39, 0.29) is 6.61 Å². The first-order valence-electron chi connectivity index (χ1n) is 7.25. The zero-order valence-corrected chi connectivity index (χ0v) is 14.1. The van der Waals surface area contributed by atoms with Crippen LogP contribution in [0.25, 0.3) is 0 Å². The highest BCUT2D eigenvalue weighted by molar-refractivity contribution is 7.11. The highest BCUT2D eigenvalue weighted by atomic mass is 32.1. The van der Waals surface area contributed by atoms with Crippen molar-refractivity contribution in [1.29, 1.82) is 0 Å². The number of aryl methyl sites for hydroxylation is 2. The van der Waals surface area contributed by atoms with Gasteiger partial charge < -0.3 is 10.0 Å². The van der Waals surface area contributed by atoms with Gasteiger partial charge in [0.15, 0.2) is 0 Å². The summed E-state index contributed by atoms with van der Waals surface area (Å²) in [5, 5.41) is 14.8. The molecule has 0 aliphatic heterocycles. The number of rotatable bonds is 7. The van der Waals surface area contributed by atoms with Crippen LogP contribution in [0.5, 0.6) is 0 Å². The molecule has 0 spiro atoms. The lowest BCUT2D eigenvalue weighted by Gasteiger charge is -2.16. The van der Waals surface area contributed by atoms with E-state index in [4.69, 9.17) is 5.11 Å². The van der Waals surface area contributed by atoms with E-state index < -0.39 is 0 Å². The van der Waals surface area contributed by atoms with Gasteiger partial charge in [0, 0.05) is 41.8 Å². The Hall–Kier alpha value is -1.24. The van der Waals surface area contributed by atoms with Gasteiger partial charge in [0.05, 0.1) is 23.9 Å². The van der Waals surface area contributed by atoms with E-state index in [1.165, 1.54) is 15.4 Å². The predicted molar refractivity (Wildman–Crippen MR) is 85.7 cm³/mol. The summed E-state index contributed by atoms with van der Waals surface area (Å²) < 4.78 is 1.89. The Kier molecular flexibility index (Phi) is 5.50. The zero-order chi connectivity index (χ0) is 15.4. The Bertz CT molecular complexity index is 591. The number of aliphatic hydroxyl groups excluding tert-OH is 1. The van der Waals surface area contributed by atoms with E-state index in [2.05, 4.69) is 35.9 Å². The van der Waals surface area contributed by atoms with Gasteiger partial charge in [-0.3, -0.25) is 4.68 Å². The predicted octanol–water partition coefficient (Wildman–Crippen LogP) is 1.93. The molecule has 2 heterocycles. The number of nitrogens with zero attached hydrogens (tertiary/aromatic N) is 4. The molecule has 5 nitrogen and oxygen atoms in total. The Balaban J connectivity index is 1.94. The standard InChI is InChI=1S/C15H24N4OS/c1-11-9-16-15(21-11)5-6-18(4)10-14-12(2)17-19(7-8-20)13(14)3/h9,20H,5-8,10H2,1-4H3. The van der Waals surface area contributed by atoms with Gasteiger partial charge in [-0.1, -0.05) is 0 Å². The lowest BCUT2D eigenvalue weighted by Crippen LogP contribution is -2.21. The van der Waals surface area contributed by atoms with Crippen LogP contribution in [0.2, 0.25) is 0 Å². The van der Waals surface area contributed by atoms with Crippen molar-refractivity contribution in [3.8, 4) is 0 Å². The van der Waals surface area contributed by atoms with Gasteiger partial charge in [-0.05, 0) is 27.8 Å². The molecule has 0 aliphatic carbocycles. The second-order valence-corrected chi connectivity index (χ2v) is 6.77. The summed E-state index contributed by atoms with van der Waals surface area (Å²) in [7, 11) is 2.13. The summed E-state index contributed by atoms with van der Waals surface area (Å²) in [6.45, 7) is 8.75. The van der Waals surface area contributed by atoms with E-state index in [1.54, 1.807) is 11.3 Å². The van der Waals surface area contributed by atoms with Crippen molar-refractivity contribution < 1.29 is 5.11 Å². The van der Waals surface area contributed by atoms with Crippen LogP contribution < -0.4 is 0 Å². The van der Waals surface area contributed by atoms with Crippen molar-refractivity contribution in [2.45, 2.75) is 40.3 Å². The van der Waals surface area contributed by atoms with Gasteiger partial charge in [0.25, 0.3) is 0 Å². The second kappa shape index (κ2) is 7.15. The van der Waals surface area contributed by atoms with Crippen LogP contribution in [0.1, 0.15) is 26.8 Å². The molecule has 0 fully saturated rings. The molecule has 21 heavy (non-hydrogen) atoms. The minimum absolute atomic E-state index is 0.126. The molecule has 0 saturated heterocycles. The van der Waals surface area contributed by atoms with Gasteiger partial charge >= 0.3 is 0 Å². The molecule has 2 rings (SSSR count). The third kappa shape index (κ3) is 4.12. The number of aliphatic hydroxyl groups is 1. The Morgan fingerprint density at radius 1 is 1.33 bits per heavy atom. The number of aromatic nitrogens is 3. The lowest BCUT2D eigenvalue weighted by atomic mass is 10.2. The smallest absolute Gasteiger partial charge is 0.0940 e. The fraction of sp³-hybridized carbons (Fsp3) is 0.600. The molecule has 116 valence electrons. The molecule has 2 aromatic rings. The molecule has 2 aromatic heterocycles. The summed E-state index contributed by atoms with van der Waals surface area (Å²) in [5.74, 6) is 0. The quantitative estimate of drug-likeness (QED) is 0.849. The topological polar surface area (TPSA) is 54.2 Å². The van der Waals surface area contributed by atoms with Crippen molar-refractivity contribution in [2.75, 3.05) is 20.2 Å². The Morgan fingerprint density at radius 3 is 2.71 bits per heavy atom. The molecule has 6 heteroatoms. The van der Waals surface area contributed by atoms with Crippen LogP contribution in [-0.2, 0) is 19.5 Å². The monoisotopic (exact) mass is 308 g/mol. The molecule has 0 bridgehead atoms. The minimum Gasteiger partial charge on any atom is -0.394 e. The van der Waals surface area contributed by atoms with Crippen molar-refractivity contribution >= 4 is 11.3 Å². The summed E-state index contributed by atoms with van der Waals surface area (Å²) in [5.41, 5.74) is 3.47. The fourth-order valence-corrected chi connectivity index (χ4v) is 3.20. The van der Waals surface area contributed by atoms with Crippen molar-refractivity contribution in [2.24, 2.45) is 0 Å². The molecule has 0 radical (unpaired) electrons. The van der Waals surface area contributed by atoms with E-state index >= 15 is 0 Å². The second-order valence-electron chi connectivity index (χ2n) is 5.45. The third-order valence-corrected chi connectivity index (χ3v) is 4.62. The van der Waals surface area contributed by atoms with E-state index in [0.717, 1.165) is 30.9 Å². The summed E-state index contributed by atoms with van der Waals surface area (Å²) in [6.07, 6.45) is 2.92. The molecule has 1 N–H and O–H groups in total. The largest absolute Gasteiger partial charge is 0.394 e. The lowest BCUT2D eigenvalue weighted by molar-refractivity contribution is 0.267. The molecule has 0 atom stereocenters. The van der Waals surface area contributed by atoms with Gasteiger partial charge in [-0.2, -0.15) is 5.10 Å². The molecule has 0 amide bonds. The van der Waals surface area contributed by atoms with E-state index in [9.17, 15) is 0 Å². The highest BCUT2D eigenvalue weighted by Crippen LogP contribution is 2.16. The van der Waals surface area contributed by atoms with Crippen LogP contribution in [0.15, 0.2) is 6.20 Å². The van der Waals surface area contributed by atoms with Crippen LogP contribution in [0.4, 0.5) is 0 Å². The zero-order valence-electron chi connectivity index (χ0n) is 13.3. The molecule has 0 saturated carbocycles. The average Bonchev–Trinajstić information content (AvgIpc) is 2.96. The number of likely N-dealkylation sites (N-methyl/N-ethyl adjacent to an activating group) is 1. The molecular formula is C15H24N4OS. The molecule has 0 aliphatic rings. The Labute approximate surface area is 130 Å². The average molecular weight is 308 g/mol. The first-order chi connectivity index (χ1) is 10.0. The summed E-state index contributed by atoms with van der Waals surface area (Å²) in [6, 6.07) is 0. The van der Waals surface area contributed by atoms with Crippen molar-refractivity contribution in [3.05, 3.63) is 33.0 Å². The maximum atomic E-state index is 9.06. The SMILES string of the molecule is Cc1cnc(CCN(C)Cc2c(C)nn(CCO)c2C)s1. The normalized spacial score (nSPS) is 11.5. The van der Waals surface area contributed by atoms with Crippen molar-refractivity contribution in [3.63, 3.8) is 0 Å². The maximum Gasteiger partial charge on any atom is 0.0940 e. The number of hydrogen-bond acceptors (Lipinski definition) is 5.